The summed E-state index contributed by atoms with van der Waals surface area (Å²) in [5.74, 6) is 0. The minimum Gasteiger partial charge on any atom is -0.376 e. The Bertz CT molecular complexity index is 1110. The van der Waals surface area contributed by atoms with Crippen LogP contribution in [-0.4, -0.2) is 34.3 Å². The number of benzene rings is 2. The van der Waals surface area contributed by atoms with Gasteiger partial charge in [0.05, 0.1) is 18.7 Å². The molecule has 2 atom stereocenters. The van der Waals surface area contributed by atoms with E-state index in [0.717, 1.165) is 35.9 Å². The van der Waals surface area contributed by atoms with E-state index in [1.807, 2.05) is 36.4 Å². The van der Waals surface area contributed by atoms with Gasteiger partial charge in [-0.15, -0.1) is 0 Å². The van der Waals surface area contributed by atoms with E-state index in [-0.39, 0.29) is 17.7 Å². The number of thiocarbonyl (C=S) groups is 1. The number of aromatic nitrogens is 1. The number of nitrogens with one attached hydrogen (secondary N) is 2. The number of aryl methyl sites for hydroxylation is 1. The van der Waals surface area contributed by atoms with Gasteiger partial charge in [0.1, 0.15) is 0 Å². The van der Waals surface area contributed by atoms with Crippen LogP contribution in [0.25, 0.3) is 10.9 Å². The molecular formula is C25H29N3O2S. The molecule has 1 aliphatic heterocycles. The average Bonchev–Trinajstić information content (AvgIpc) is 3.27. The second-order valence-electron chi connectivity index (χ2n) is 8.31. The van der Waals surface area contributed by atoms with Crippen molar-refractivity contribution in [3.8, 4) is 0 Å². The summed E-state index contributed by atoms with van der Waals surface area (Å²) < 4.78 is 5.86. The van der Waals surface area contributed by atoms with Gasteiger partial charge in [-0.05, 0) is 68.1 Å². The Morgan fingerprint density at radius 3 is 2.81 bits per heavy atom. The fourth-order valence-electron chi connectivity index (χ4n) is 4.05. The van der Waals surface area contributed by atoms with Gasteiger partial charge < -0.3 is 19.9 Å². The Morgan fingerprint density at radius 2 is 2.06 bits per heavy atom. The first-order valence-electron chi connectivity index (χ1n) is 10.8. The predicted molar refractivity (Wildman–Crippen MR) is 129 cm³/mol. The molecule has 0 spiro atoms. The van der Waals surface area contributed by atoms with Crippen molar-refractivity contribution in [3.63, 3.8) is 0 Å². The van der Waals surface area contributed by atoms with Crippen LogP contribution in [-0.2, 0) is 11.3 Å². The van der Waals surface area contributed by atoms with Crippen molar-refractivity contribution in [1.82, 2.24) is 15.2 Å². The summed E-state index contributed by atoms with van der Waals surface area (Å²) in [6, 6.07) is 18.3. The molecule has 4 rings (SSSR count). The Morgan fingerprint density at radius 1 is 1.26 bits per heavy atom. The zero-order valence-corrected chi connectivity index (χ0v) is 18.9. The molecule has 3 aromatic rings. The number of H-pyrrole nitrogens is 1. The molecule has 1 aromatic heterocycles. The SMILES string of the molecule is Cc1ccc2[nH]c(=O)c(CN(C[C@H]3CCCO3)C(=S)N[C@@H](C)c3ccccc3)cc2c1. The van der Waals surface area contributed by atoms with E-state index in [0.29, 0.717) is 23.8 Å². The molecule has 2 N–H and O–H groups in total. The lowest BCUT2D eigenvalue weighted by Crippen LogP contribution is -2.44. The maximum atomic E-state index is 12.8. The molecule has 2 heterocycles. The zero-order chi connectivity index (χ0) is 21.8. The van der Waals surface area contributed by atoms with Crippen LogP contribution in [0.3, 0.4) is 0 Å². The van der Waals surface area contributed by atoms with Crippen molar-refractivity contribution in [1.29, 1.82) is 0 Å². The van der Waals surface area contributed by atoms with Crippen molar-refractivity contribution in [2.75, 3.05) is 13.2 Å². The first-order valence-corrected chi connectivity index (χ1v) is 11.2. The minimum absolute atomic E-state index is 0.0678. The molecule has 31 heavy (non-hydrogen) atoms. The molecule has 0 amide bonds. The number of rotatable bonds is 6. The second-order valence-corrected chi connectivity index (χ2v) is 8.70. The molecular weight excluding hydrogens is 406 g/mol. The smallest absolute Gasteiger partial charge is 0.253 e. The molecule has 1 saturated heterocycles. The Labute approximate surface area is 188 Å². The van der Waals surface area contributed by atoms with E-state index in [1.165, 1.54) is 5.56 Å². The second kappa shape index (κ2) is 9.62. The molecule has 2 aromatic carbocycles. The highest BCUT2D eigenvalue weighted by atomic mass is 32.1. The molecule has 0 saturated carbocycles. The Kier molecular flexibility index (Phi) is 6.68. The van der Waals surface area contributed by atoms with E-state index in [2.05, 4.69) is 47.2 Å². The molecule has 162 valence electrons. The standard InChI is InChI=1S/C25H29N3O2S/c1-17-10-11-23-20(13-17)14-21(24(29)27-23)15-28(16-22-9-6-12-30-22)25(31)26-18(2)19-7-4-3-5-8-19/h3-5,7-8,10-11,13-14,18,22H,6,9,12,15-16H2,1-2H3,(H,26,31)(H,27,29)/t18-,22+/m0/s1. The predicted octanol–water partition coefficient (Wildman–Crippen LogP) is 4.45. The Hall–Kier alpha value is -2.70. The first kappa shape index (κ1) is 21.5. The van der Waals surface area contributed by atoms with Crippen molar-refractivity contribution in [3.05, 3.63) is 81.6 Å². The summed E-state index contributed by atoms with van der Waals surface area (Å²) in [7, 11) is 0. The Balaban J connectivity index is 1.57. The number of aromatic amines is 1. The topological polar surface area (TPSA) is 57.4 Å². The van der Waals surface area contributed by atoms with Gasteiger partial charge in [0.25, 0.3) is 5.56 Å². The molecule has 6 heteroatoms. The van der Waals surface area contributed by atoms with Crippen LogP contribution >= 0.6 is 12.2 Å². The normalized spacial score (nSPS) is 16.9. The average molecular weight is 436 g/mol. The van der Waals surface area contributed by atoms with Crippen molar-refractivity contribution >= 4 is 28.2 Å². The van der Waals surface area contributed by atoms with E-state index < -0.39 is 0 Å². The van der Waals surface area contributed by atoms with Crippen LogP contribution < -0.4 is 10.9 Å². The summed E-state index contributed by atoms with van der Waals surface area (Å²) in [6.45, 7) is 6.04. The van der Waals surface area contributed by atoms with Crippen LogP contribution in [0.4, 0.5) is 0 Å². The summed E-state index contributed by atoms with van der Waals surface area (Å²) in [5.41, 5.74) is 3.81. The van der Waals surface area contributed by atoms with Gasteiger partial charge in [-0.3, -0.25) is 4.79 Å². The highest BCUT2D eigenvalue weighted by Crippen LogP contribution is 2.18. The molecule has 0 radical (unpaired) electrons. The van der Waals surface area contributed by atoms with Crippen LogP contribution in [0.5, 0.6) is 0 Å². The lowest BCUT2D eigenvalue weighted by molar-refractivity contribution is 0.0895. The van der Waals surface area contributed by atoms with Crippen molar-refractivity contribution in [2.24, 2.45) is 0 Å². The third-order valence-corrected chi connectivity index (χ3v) is 6.19. The highest BCUT2D eigenvalue weighted by molar-refractivity contribution is 7.80. The first-order chi connectivity index (χ1) is 15.0. The van der Waals surface area contributed by atoms with Crippen molar-refractivity contribution in [2.45, 2.75) is 45.4 Å². The van der Waals surface area contributed by atoms with Gasteiger partial charge >= 0.3 is 0 Å². The van der Waals surface area contributed by atoms with Crippen molar-refractivity contribution < 1.29 is 4.74 Å². The number of nitrogens with zero attached hydrogens (tertiary/aromatic N) is 1. The zero-order valence-electron chi connectivity index (χ0n) is 18.1. The molecule has 5 nitrogen and oxygen atoms in total. The molecule has 1 aliphatic rings. The van der Waals surface area contributed by atoms with Gasteiger partial charge in [-0.2, -0.15) is 0 Å². The fraction of sp³-hybridized carbons (Fsp3) is 0.360. The summed E-state index contributed by atoms with van der Waals surface area (Å²) in [4.78, 5) is 17.9. The fourth-order valence-corrected chi connectivity index (χ4v) is 4.37. The lowest BCUT2D eigenvalue weighted by Gasteiger charge is -2.30. The quantitative estimate of drug-likeness (QED) is 0.560. The molecule has 0 unspecified atom stereocenters. The maximum absolute atomic E-state index is 12.8. The van der Waals surface area contributed by atoms with Gasteiger partial charge in [0.2, 0.25) is 0 Å². The van der Waals surface area contributed by atoms with E-state index >= 15 is 0 Å². The van der Waals surface area contributed by atoms with Gasteiger partial charge in [-0.25, -0.2) is 0 Å². The van der Waals surface area contributed by atoms with E-state index in [4.69, 9.17) is 17.0 Å². The number of hydrogen-bond acceptors (Lipinski definition) is 3. The van der Waals surface area contributed by atoms with E-state index in [9.17, 15) is 4.79 Å². The molecule has 0 bridgehead atoms. The third kappa shape index (κ3) is 5.32. The minimum atomic E-state index is -0.0763. The van der Waals surface area contributed by atoms with E-state index in [1.54, 1.807) is 0 Å². The summed E-state index contributed by atoms with van der Waals surface area (Å²) in [6.07, 6.45) is 2.21. The monoisotopic (exact) mass is 435 g/mol. The summed E-state index contributed by atoms with van der Waals surface area (Å²) in [5, 5.41) is 5.11. The van der Waals surface area contributed by atoms with Crippen LogP contribution in [0, 0.1) is 6.92 Å². The highest BCUT2D eigenvalue weighted by Gasteiger charge is 2.23. The van der Waals surface area contributed by atoms with Gasteiger partial charge in [0.15, 0.2) is 5.11 Å². The molecule has 1 fully saturated rings. The number of pyridine rings is 1. The van der Waals surface area contributed by atoms with Crippen LogP contribution in [0.1, 0.15) is 42.5 Å². The van der Waals surface area contributed by atoms with Gasteiger partial charge in [-0.1, -0.05) is 42.0 Å². The number of ether oxygens (including phenoxy) is 1. The largest absolute Gasteiger partial charge is 0.376 e. The van der Waals surface area contributed by atoms with Gasteiger partial charge in [0, 0.05) is 24.2 Å². The van der Waals surface area contributed by atoms with Crippen LogP contribution in [0.2, 0.25) is 0 Å². The lowest BCUT2D eigenvalue weighted by atomic mass is 10.1. The number of fused-ring (bicyclic) bond motifs is 1. The summed E-state index contributed by atoms with van der Waals surface area (Å²) >= 11 is 5.79. The maximum Gasteiger partial charge on any atom is 0.253 e. The molecule has 0 aliphatic carbocycles. The van der Waals surface area contributed by atoms with Crippen LogP contribution in [0.15, 0.2) is 59.4 Å². The third-order valence-electron chi connectivity index (χ3n) is 5.81. The number of hydrogen-bond donors (Lipinski definition) is 2.